The van der Waals surface area contributed by atoms with Crippen molar-refractivity contribution in [2.75, 3.05) is 13.2 Å². The molecule has 0 spiro atoms. The summed E-state index contributed by atoms with van der Waals surface area (Å²) in [6, 6.07) is 4.46. The Hall–Kier alpha value is -1.26. The predicted octanol–water partition coefficient (Wildman–Crippen LogP) is 1.34. The van der Waals surface area contributed by atoms with Gasteiger partial charge in [0.2, 0.25) is 0 Å². The lowest BCUT2D eigenvalue weighted by atomic mass is 9.82. The third kappa shape index (κ3) is 2.31. The van der Waals surface area contributed by atoms with Gasteiger partial charge in [-0.25, -0.2) is 0 Å². The van der Waals surface area contributed by atoms with E-state index < -0.39 is 0 Å². The summed E-state index contributed by atoms with van der Waals surface area (Å²) >= 11 is 0. The topological polar surface area (TPSA) is 51.2 Å². The number of aromatic nitrogens is 1. The number of piperidine rings is 1. The maximum Gasteiger partial charge on any atom is 0.167 e. The minimum atomic E-state index is 0.120. The van der Waals surface area contributed by atoms with Crippen molar-refractivity contribution in [3.05, 3.63) is 29.6 Å². The molecule has 0 amide bonds. The van der Waals surface area contributed by atoms with E-state index in [-0.39, 0.29) is 11.7 Å². The van der Waals surface area contributed by atoms with Crippen LogP contribution < -0.4 is 5.32 Å². The van der Waals surface area contributed by atoms with E-state index in [9.17, 15) is 4.79 Å². The third-order valence-corrected chi connectivity index (χ3v) is 3.81. The first kappa shape index (κ1) is 11.8. The number of ether oxygens (including phenoxy) is 1. The molecule has 4 heteroatoms. The van der Waals surface area contributed by atoms with E-state index in [1.54, 1.807) is 6.20 Å². The van der Waals surface area contributed by atoms with Crippen LogP contribution in [-0.2, 0) is 4.74 Å². The van der Waals surface area contributed by atoms with Crippen molar-refractivity contribution >= 4 is 5.78 Å². The van der Waals surface area contributed by atoms with E-state index in [1.807, 2.05) is 19.1 Å². The highest BCUT2D eigenvalue weighted by Gasteiger charge is 2.35. The molecular weight excluding hydrogens is 228 g/mol. The van der Waals surface area contributed by atoms with Crippen LogP contribution in [0.2, 0.25) is 0 Å². The highest BCUT2D eigenvalue weighted by Crippen LogP contribution is 2.26. The highest BCUT2D eigenvalue weighted by molar-refractivity contribution is 5.97. The number of hydrogen-bond acceptors (Lipinski definition) is 4. The molecule has 2 fully saturated rings. The molecular formula is C14H18N2O2. The lowest BCUT2D eigenvalue weighted by Gasteiger charge is -2.39. The highest BCUT2D eigenvalue weighted by atomic mass is 16.5. The molecule has 2 bridgehead atoms. The zero-order valence-electron chi connectivity index (χ0n) is 10.6. The fraction of sp³-hybridized carbons (Fsp3) is 0.571. The first-order chi connectivity index (χ1) is 8.72. The van der Waals surface area contributed by atoms with E-state index >= 15 is 0 Å². The van der Waals surface area contributed by atoms with Crippen LogP contribution in [0, 0.1) is 12.8 Å². The molecule has 1 N–H and O–H groups in total. The van der Waals surface area contributed by atoms with Crippen molar-refractivity contribution in [1.82, 2.24) is 10.3 Å². The van der Waals surface area contributed by atoms with Crippen molar-refractivity contribution in [3.8, 4) is 0 Å². The largest absolute Gasteiger partial charge is 0.378 e. The summed E-state index contributed by atoms with van der Waals surface area (Å²) in [6.45, 7) is 3.39. The number of aryl methyl sites for hydroxylation is 1. The maximum absolute atomic E-state index is 12.4. The average molecular weight is 246 g/mol. The SMILES string of the molecule is Cc1ccc(C(=O)C2CC3COCC(C2)N3)cn1. The van der Waals surface area contributed by atoms with Crippen LogP contribution in [-0.4, -0.2) is 36.1 Å². The van der Waals surface area contributed by atoms with E-state index in [0.29, 0.717) is 12.1 Å². The fourth-order valence-corrected chi connectivity index (χ4v) is 2.90. The molecule has 3 rings (SSSR count). The molecule has 0 radical (unpaired) electrons. The second-order valence-corrected chi connectivity index (χ2v) is 5.32. The van der Waals surface area contributed by atoms with Crippen LogP contribution in [0.4, 0.5) is 0 Å². The van der Waals surface area contributed by atoms with Gasteiger partial charge in [0.05, 0.1) is 13.2 Å². The van der Waals surface area contributed by atoms with E-state index in [4.69, 9.17) is 4.74 Å². The molecule has 0 aromatic carbocycles. The van der Waals surface area contributed by atoms with Crippen LogP contribution in [0.25, 0.3) is 0 Å². The quantitative estimate of drug-likeness (QED) is 0.800. The third-order valence-electron chi connectivity index (χ3n) is 3.81. The standard InChI is InChI=1S/C14H18N2O2/c1-9-2-3-10(6-15-9)14(17)11-4-12-7-18-8-13(5-11)16-12/h2-3,6,11-13,16H,4-5,7-8H2,1H3. The van der Waals surface area contributed by atoms with Gasteiger partial charge in [-0.1, -0.05) is 0 Å². The Bertz CT molecular complexity index is 432. The van der Waals surface area contributed by atoms with Gasteiger partial charge in [0.25, 0.3) is 0 Å². The van der Waals surface area contributed by atoms with Crippen molar-refractivity contribution in [2.24, 2.45) is 5.92 Å². The second kappa shape index (κ2) is 4.78. The molecule has 2 atom stereocenters. The normalized spacial score (nSPS) is 31.1. The second-order valence-electron chi connectivity index (χ2n) is 5.32. The summed E-state index contributed by atoms with van der Waals surface area (Å²) in [4.78, 5) is 16.6. The zero-order chi connectivity index (χ0) is 12.5. The number of pyridine rings is 1. The molecule has 2 aliphatic rings. The molecule has 3 heterocycles. The maximum atomic E-state index is 12.4. The summed E-state index contributed by atoms with van der Waals surface area (Å²) in [5, 5.41) is 3.51. The Morgan fingerprint density at radius 2 is 2.06 bits per heavy atom. The lowest BCUT2D eigenvalue weighted by Crippen LogP contribution is -2.55. The summed E-state index contributed by atoms with van der Waals surface area (Å²) in [5.41, 5.74) is 1.69. The van der Waals surface area contributed by atoms with Gasteiger partial charge in [-0.2, -0.15) is 0 Å². The Balaban J connectivity index is 1.74. The number of hydrogen-bond donors (Lipinski definition) is 1. The summed E-state index contributed by atoms with van der Waals surface area (Å²) in [5.74, 6) is 0.357. The number of morpholine rings is 1. The fourth-order valence-electron chi connectivity index (χ4n) is 2.90. The molecule has 1 aromatic heterocycles. The number of carbonyl (C=O) groups is 1. The summed E-state index contributed by atoms with van der Waals surface area (Å²) < 4.78 is 5.50. The number of fused-ring (bicyclic) bond motifs is 2. The monoisotopic (exact) mass is 246 g/mol. The summed E-state index contributed by atoms with van der Waals surface area (Å²) in [6.07, 6.45) is 3.46. The van der Waals surface area contributed by atoms with Gasteiger partial charge >= 0.3 is 0 Å². The van der Waals surface area contributed by atoms with Crippen LogP contribution >= 0.6 is 0 Å². The van der Waals surface area contributed by atoms with Gasteiger partial charge in [-0.05, 0) is 31.9 Å². The lowest BCUT2D eigenvalue weighted by molar-refractivity contribution is 0.00952. The number of ketones is 1. The molecule has 2 unspecified atom stereocenters. The zero-order valence-corrected chi connectivity index (χ0v) is 10.6. The van der Waals surface area contributed by atoms with E-state index in [2.05, 4.69) is 10.3 Å². The number of nitrogens with one attached hydrogen (secondary N) is 1. The molecule has 0 aliphatic carbocycles. The number of rotatable bonds is 2. The number of Topliss-reactive ketones (excluding diaryl/α,β-unsaturated/α-hetero) is 1. The Kier molecular flexibility index (Phi) is 3.14. The van der Waals surface area contributed by atoms with Gasteiger partial charge in [-0.3, -0.25) is 9.78 Å². The first-order valence-electron chi connectivity index (χ1n) is 6.53. The van der Waals surface area contributed by atoms with Crippen molar-refractivity contribution < 1.29 is 9.53 Å². The molecule has 2 aliphatic heterocycles. The Morgan fingerprint density at radius 3 is 2.67 bits per heavy atom. The van der Waals surface area contributed by atoms with E-state index in [1.165, 1.54) is 0 Å². The first-order valence-corrected chi connectivity index (χ1v) is 6.53. The van der Waals surface area contributed by atoms with Crippen molar-refractivity contribution in [3.63, 3.8) is 0 Å². The minimum absolute atomic E-state index is 0.120. The van der Waals surface area contributed by atoms with Crippen LogP contribution in [0.15, 0.2) is 18.3 Å². The minimum Gasteiger partial charge on any atom is -0.378 e. The smallest absolute Gasteiger partial charge is 0.167 e. The predicted molar refractivity (Wildman–Crippen MR) is 67.6 cm³/mol. The van der Waals surface area contributed by atoms with Crippen LogP contribution in [0.1, 0.15) is 28.9 Å². The molecule has 1 aromatic rings. The summed E-state index contributed by atoms with van der Waals surface area (Å²) in [7, 11) is 0. The molecule has 2 saturated heterocycles. The molecule has 0 saturated carbocycles. The van der Waals surface area contributed by atoms with Gasteiger partial charge in [-0.15, -0.1) is 0 Å². The Labute approximate surface area is 107 Å². The van der Waals surface area contributed by atoms with Gasteiger partial charge < -0.3 is 10.1 Å². The van der Waals surface area contributed by atoms with Gasteiger partial charge in [0.1, 0.15) is 0 Å². The van der Waals surface area contributed by atoms with Gasteiger partial charge in [0, 0.05) is 35.5 Å². The molecule has 4 nitrogen and oxygen atoms in total. The molecule has 96 valence electrons. The molecule has 18 heavy (non-hydrogen) atoms. The van der Waals surface area contributed by atoms with Crippen LogP contribution in [0.3, 0.4) is 0 Å². The van der Waals surface area contributed by atoms with E-state index in [0.717, 1.165) is 37.3 Å². The number of nitrogens with zero attached hydrogens (tertiary/aromatic N) is 1. The van der Waals surface area contributed by atoms with Crippen molar-refractivity contribution in [2.45, 2.75) is 31.8 Å². The van der Waals surface area contributed by atoms with Crippen molar-refractivity contribution in [1.29, 1.82) is 0 Å². The number of carbonyl (C=O) groups excluding carboxylic acids is 1. The Morgan fingerprint density at radius 1 is 1.33 bits per heavy atom. The van der Waals surface area contributed by atoms with Crippen LogP contribution in [0.5, 0.6) is 0 Å². The average Bonchev–Trinajstić information content (AvgIpc) is 2.38. The van der Waals surface area contributed by atoms with Gasteiger partial charge in [0.15, 0.2) is 5.78 Å².